The summed E-state index contributed by atoms with van der Waals surface area (Å²) in [4.78, 5) is 16.7. The number of para-hydroxylation sites is 1. The Balaban J connectivity index is 1.68. The van der Waals surface area contributed by atoms with Gasteiger partial charge in [0.2, 0.25) is 0 Å². The summed E-state index contributed by atoms with van der Waals surface area (Å²) in [6.45, 7) is 2.57. The van der Waals surface area contributed by atoms with Crippen LogP contribution in [0.3, 0.4) is 0 Å². The molecule has 1 amide bonds. The van der Waals surface area contributed by atoms with Gasteiger partial charge >= 0.3 is 0 Å². The zero-order chi connectivity index (χ0) is 18.4. The first kappa shape index (κ1) is 17.6. The van der Waals surface area contributed by atoms with Gasteiger partial charge in [-0.15, -0.1) is 0 Å². The lowest BCUT2D eigenvalue weighted by Crippen LogP contribution is -2.14. The maximum atomic E-state index is 12.9. The molecule has 0 aliphatic carbocycles. The van der Waals surface area contributed by atoms with E-state index >= 15 is 0 Å². The first-order valence-corrected chi connectivity index (χ1v) is 8.48. The fourth-order valence-corrected chi connectivity index (χ4v) is 2.61. The molecule has 0 bridgehead atoms. The Morgan fingerprint density at radius 1 is 1.08 bits per heavy atom. The lowest BCUT2D eigenvalue weighted by atomic mass is 10.1. The van der Waals surface area contributed by atoms with Crippen molar-refractivity contribution < 1.29 is 9.18 Å². The van der Waals surface area contributed by atoms with E-state index in [1.807, 2.05) is 31.2 Å². The van der Waals surface area contributed by atoms with E-state index in [0.29, 0.717) is 12.1 Å². The number of aromatic nitrogens is 1. The van der Waals surface area contributed by atoms with E-state index in [9.17, 15) is 9.18 Å². The molecule has 0 aliphatic heterocycles. The van der Waals surface area contributed by atoms with Crippen LogP contribution in [0.15, 0.2) is 67.0 Å². The molecule has 0 unspecified atom stereocenters. The second-order valence-corrected chi connectivity index (χ2v) is 5.91. The highest BCUT2D eigenvalue weighted by Crippen LogP contribution is 2.17. The van der Waals surface area contributed by atoms with E-state index in [1.54, 1.807) is 24.4 Å². The molecule has 132 valence electrons. The number of pyridine rings is 1. The smallest absolute Gasteiger partial charge is 0.257 e. The van der Waals surface area contributed by atoms with Gasteiger partial charge in [0.1, 0.15) is 5.82 Å². The van der Waals surface area contributed by atoms with E-state index in [1.165, 1.54) is 18.3 Å². The number of hydrogen-bond donors (Lipinski definition) is 2. The lowest BCUT2D eigenvalue weighted by molar-refractivity contribution is 0.102. The van der Waals surface area contributed by atoms with Crippen LogP contribution in [0.2, 0.25) is 0 Å². The van der Waals surface area contributed by atoms with Crippen LogP contribution in [0.4, 0.5) is 15.8 Å². The molecule has 2 aromatic carbocycles. The molecule has 0 saturated carbocycles. The highest BCUT2D eigenvalue weighted by molar-refractivity contribution is 6.04. The van der Waals surface area contributed by atoms with Crippen LogP contribution < -0.4 is 10.6 Å². The number of aryl methyl sites for hydroxylation is 1. The van der Waals surface area contributed by atoms with Crippen LogP contribution in [0.1, 0.15) is 28.4 Å². The number of nitrogens with zero attached hydrogens (tertiary/aromatic N) is 1. The molecule has 0 spiro atoms. The number of halogens is 1. The first-order valence-electron chi connectivity index (χ1n) is 8.48. The van der Waals surface area contributed by atoms with Crippen molar-refractivity contribution in [2.75, 3.05) is 10.6 Å². The van der Waals surface area contributed by atoms with Gasteiger partial charge in [0, 0.05) is 24.6 Å². The van der Waals surface area contributed by atoms with Gasteiger partial charge in [0.25, 0.3) is 5.91 Å². The molecule has 3 aromatic rings. The third-order valence-electron chi connectivity index (χ3n) is 4.06. The van der Waals surface area contributed by atoms with Crippen molar-refractivity contribution in [3.63, 3.8) is 0 Å². The summed E-state index contributed by atoms with van der Waals surface area (Å²) in [5.41, 5.74) is 4.04. The third-order valence-corrected chi connectivity index (χ3v) is 4.06. The molecular formula is C21H20FN3O. The SMILES string of the molecule is CCc1ccccc1NC(=O)c1cncc(NCc2ccc(F)cc2)c1. The minimum Gasteiger partial charge on any atom is -0.380 e. The quantitative estimate of drug-likeness (QED) is 0.681. The fourth-order valence-electron chi connectivity index (χ4n) is 2.61. The minimum absolute atomic E-state index is 0.205. The highest BCUT2D eigenvalue weighted by atomic mass is 19.1. The van der Waals surface area contributed by atoms with Gasteiger partial charge in [-0.2, -0.15) is 0 Å². The normalized spacial score (nSPS) is 10.4. The number of benzene rings is 2. The molecule has 3 rings (SSSR count). The highest BCUT2D eigenvalue weighted by Gasteiger charge is 2.09. The van der Waals surface area contributed by atoms with Gasteiger partial charge in [-0.3, -0.25) is 9.78 Å². The zero-order valence-corrected chi connectivity index (χ0v) is 14.5. The summed E-state index contributed by atoms with van der Waals surface area (Å²) < 4.78 is 12.9. The number of nitrogens with one attached hydrogen (secondary N) is 2. The summed E-state index contributed by atoms with van der Waals surface area (Å²) in [5, 5.41) is 6.13. The van der Waals surface area contributed by atoms with Gasteiger partial charge in [0.15, 0.2) is 0 Å². The molecule has 5 heteroatoms. The Labute approximate surface area is 152 Å². The Kier molecular flexibility index (Phi) is 5.59. The summed E-state index contributed by atoms with van der Waals surface area (Å²) in [6, 6.07) is 15.8. The molecule has 0 atom stereocenters. The summed E-state index contributed by atoms with van der Waals surface area (Å²) >= 11 is 0. The summed E-state index contributed by atoms with van der Waals surface area (Å²) in [5.74, 6) is -0.467. The molecule has 0 fully saturated rings. The van der Waals surface area contributed by atoms with Crippen molar-refractivity contribution in [1.29, 1.82) is 0 Å². The maximum Gasteiger partial charge on any atom is 0.257 e. The Morgan fingerprint density at radius 3 is 2.62 bits per heavy atom. The van der Waals surface area contributed by atoms with E-state index < -0.39 is 0 Å². The molecule has 4 nitrogen and oxygen atoms in total. The van der Waals surface area contributed by atoms with Gasteiger partial charge in [-0.25, -0.2) is 4.39 Å². The monoisotopic (exact) mass is 349 g/mol. The molecule has 1 aromatic heterocycles. The minimum atomic E-state index is -0.263. The maximum absolute atomic E-state index is 12.9. The summed E-state index contributed by atoms with van der Waals surface area (Å²) in [6.07, 6.45) is 4.03. The molecule has 0 aliphatic rings. The van der Waals surface area contributed by atoms with Crippen molar-refractivity contribution in [2.24, 2.45) is 0 Å². The number of rotatable bonds is 6. The van der Waals surface area contributed by atoms with Crippen LogP contribution in [0, 0.1) is 5.82 Å². The topological polar surface area (TPSA) is 54.0 Å². The Hall–Kier alpha value is -3.21. The van der Waals surface area contributed by atoms with E-state index in [-0.39, 0.29) is 11.7 Å². The number of anilines is 2. The predicted molar refractivity (Wildman–Crippen MR) is 102 cm³/mol. The third kappa shape index (κ3) is 4.45. The van der Waals surface area contributed by atoms with E-state index in [2.05, 4.69) is 15.6 Å². The number of hydrogen-bond acceptors (Lipinski definition) is 3. The largest absolute Gasteiger partial charge is 0.380 e. The average Bonchev–Trinajstić information content (AvgIpc) is 2.68. The number of amides is 1. The molecule has 0 saturated heterocycles. The Bertz CT molecular complexity index is 894. The van der Waals surface area contributed by atoms with Crippen LogP contribution in [-0.4, -0.2) is 10.9 Å². The van der Waals surface area contributed by atoms with Crippen LogP contribution >= 0.6 is 0 Å². The molecular weight excluding hydrogens is 329 g/mol. The second kappa shape index (κ2) is 8.25. The fraction of sp³-hybridized carbons (Fsp3) is 0.143. The molecule has 2 N–H and O–H groups in total. The number of carbonyl (C=O) groups is 1. The molecule has 0 radical (unpaired) electrons. The van der Waals surface area contributed by atoms with Crippen LogP contribution in [0.25, 0.3) is 0 Å². The number of carbonyl (C=O) groups excluding carboxylic acids is 1. The van der Waals surface area contributed by atoms with Crippen LogP contribution in [-0.2, 0) is 13.0 Å². The summed E-state index contributed by atoms with van der Waals surface area (Å²) in [7, 11) is 0. The van der Waals surface area contributed by atoms with Gasteiger partial charge in [-0.05, 0) is 41.8 Å². The zero-order valence-electron chi connectivity index (χ0n) is 14.5. The standard InChI is InChI=1S/C21H20FN3O/c1-2-16-5-3-4-6-20(16)25-21(26)17-11-19(14-23-13-17)24-12-15-7-9-18(22)10-8-15/h3-11,13-14,24H,2,12H2,1H3,(H,25,26). The van der Waals surface area contributed by atoms with Crippen molar-refractivity contribution in [3.8, 4) is 0 Å². The van der Waals surface area contributed by atoms with Gasteiger partial charge < -0.3 is 10.6 Å². The average molecular weight is 349 g/mol. The van der Waals surface area contributed by atoms with Crippen molar-refractivity contribution >= 4 is 17.3 Å². The molecule has 26 heavy (non-hydrogen) atoms. The van der Waals surface area contributed by atoms with Crippen molar-refractivity contribution in [2.45, 2.75) is 19.9 Å². The van der Waals surface area contributed by atoms with Gasteiger partial charge in [0.05, 0.1) is 11.3 Å². The Morgan fingerprint density at radius 2 is 1.85 bits per heavy atom. The van der Waals surface area contributed by atoms with Crippen LogP contribution in [0.5, 0.6) is 0 Å². The lowest BCUT2D eigenvalue weighted by Gasteiger charge is -2.11. The second-order valence-electron chi connectivity index (χ2n) is 5.91. The van der Waals surface area contributed by atoms with E-state index in [4.69, 9.17) is 0 Å². The predicted octanol–water partition coefficient (Wildman–Crippen LogP) is 4.65. The van der Waals surface area contributed by atoms with Crippen molar-refractivity contribution in [3.05, 3.63) is 89.5 Å². The van der Waals surface area contributed by atoms with E-state index in [0.717, 1.165) is 28.9 Å². The van der Waals surface area contributed by atoms with Crippen molar-refractivity contribution in [1.82, 2.24) is 4.98 Å². The molecule has 1 heterocycles. The first-order chi connectivity index (χ1) is 12.7. The van der Waals surface area contributed by atoms with Gasteiger partial charge in [-0.1, -0.05) is 37.3 Å².